The van der Waals surface area contributed by atoms with E-state index >= 15 is 0 Å². The molecule has 1 aliphatic rings. The highest BCUT2D eigenvalue weighted by molar-refractivity contribution is 5.88. The van der Waals surface area contributed by atoms with Crippen LogP contribution in [0.1, 0.15) is 73.7 Å². The summed E-state index contributed by atoms with van der Waals surface area (Å²) < 4.78 is 6.25. The van der Waals surface area contributed by atoms with Gasteiger partial charge >= 0.3 is 5.97 Å². The van der Waals surface area contributed by atoms with E-state index in [-0.39, 0.29) is 11.0 Å². The minimum absolute atomic E-state index is 0.0446. The third-order valence-electron chi connectivity index (χ3n) is 5.28. The summed E-state index contributed by atoms with van der Waals surface area (Å²) in [7, 11) is 0. The quantitative estimate of drug-likeness (QED) is 0.670. The van der Waals surface area contributed by atoms with Crippen LogP contribution in [0.3, 0.4) is 0 Å². The molecule has 0 atom stereocenters. The van der Waals surface area contributed by atoms with Crippen molar-refractivity contribution in [3.8, 4) is 5.75 Å². The van der Waals surface area contributed by atoms with Crippen molar-refractivity contribution in [3.63, 3.8) is 0 Å². The fourth-order valence-electron chi connectivity index (χ4n) is 4.26. The van der Waals surface area contributed by atoms with Crippen molar-refractivity contribution < 1.29 is 14.6 Å². The maximum atomic E-state index is 11.0. The molecule has 0 saturated carbocycles. The minimum Gasteiger partial charge on any atom is -0.488 e. The first-order valence-electron chi connectivity index (χ1n) is 9.35. The van der Waals surface area contributed by atoms with Crippen LogP contribution in [0.25, 0.3) is 11.6 Å². The molecule has 0 bridgehead atoms. The highest BCUT2D eigenvalue weighted by Gasteiger charge is 2.39. The number of rotatable bonds is 3. The van der Waals surface area contributed by atoms with Crippen molar-refractivity contribution in [2.75, 3.05) is 0 Å². The summed E-state index contributed by atoms with van der Waals surface area (Å²) in [5.41, 5.74) is 5.95. The highest BCUT2D eigenvalue weighted by atomic mass is 16.5. The van der Waals surface area contributed by atoms with E-state index in [1.165, 1.54) is 16.7 Å². The van der Waals surface area contributed by atoms with Gasteiger partial charge in [-0.2, -0.15) is 0 Å². The van der Waals surface area contributed by atoms with Crippen LogP contribution in [0.15, 0.2) is 36.4 Å². The van der Waals surface area contributed by atoms with Crippen molar-refractivity contribution in [1.29, 1.82) is 0 Å². The average Bonchev–Trinajstić information content (AvgIpc) is 2.52. The summed E-state index contributed by atoms with van der Waals surface area (Å²) in [4.78, 5) is 11.0. The van der Waals surface area contributed by atoms with Gasteiger partial charge in [0, 0.05) is 5.56 Å². The molecule has 1 heterocycles. The molecule has 142 valence electrons. The largest absolute Gasteiger partial charge is 0.488 e. The molecule has 2 aromatic carbocycles. The number of benzene rings is 2. The molecule has 0 amide bonds. The number of fused-ring (bicyclic) bond motifs is 1. The van der Waals surface area contributed by atoms with E-state index in [0.29, 0.717) is 5.56 Å². The number of carbonyl (C=O) groups is 1. The molecule has 0 fully saturated rings. The molecule has 3 heteroatoms. The van der Waals surface area contributed by atoms with Crippen LogP contribution in [0.5, 0.6) is 5.75 Å². The monoisotopic (exact) mass is 364 g/mol. The van der Waals surface area contributed by atoms with Gasteiger partial charge in [0.2, 0.25) is 0 Å². The summed E-state index contributed by atoms with van der Waals surface area (Å²) in [5.74, 6) is 0.0778. The number of allylic oxidation sites excluding steroid dienone is 1. The van der Waals surface area contributed by atoms with Crippen LogP contribution >= 0.6 is 0 Å². The number of hydrogen-bond donors (Lipinski definition) is 1. The predicted molar refractivity (Wildman–Crippen MR) is 110 cm³/mol. The van der Waals surface area contributed by atoms with Crippen molar-refractivity contribution in [1.82, 2.24) is 0 Å². The Kier molecular flexibility index (Phi) is 4.67. The molecule has 0 saturated heterocycles. The number of hydrogen-bond acceptors (Lipinski definition) is 2. The Hall–Kier alpha value is -2.55. The zero-order valence-corrected chi connectivity index (χ0v) is 17.0. The van der Waals surface area contributed by atoms with E-state index in [4.69, 9.17) is 9.84 Å². The van der Waals surface area contributed by atoms with Gasteiger partial charge in [0.25, 0.3) is 0 Å². The summed E-state index contributed by atoms with van der Waals surface area (Å²) in [6.45, 7) is 13.1. The first-order valence-corrected chi connectivity index (χ1v) is 9.35. The van der Waals surface area contributed by atoms with Crippen molar-refractivity contribution in [3.05, 3.63) is 64.2 Å². The van der Waals surface area contributed by atoms with Crippen molar-refractivity contribution in [2.24, 2.45) is 0 Å². The second kappa shape index (κ2) is 6.56. The lowest BCUT2D eigenvalue weighted by Crippen LogP contribution is -2.41. The van der Waals surface area contributed by atoms with Crippen LogP contribution < -0.4 is 4.74 Å². The maximum Gasteiger partial charge on any atom is 0.335 e. The molecule has 0 unspecified atom stereocenters. The first-order chi connectivity index (χ1) is 12.5. The Morgan fingerprint density at radius 1 is 1.11 bits per heavy atom. The van der Waals surface area contributed by atoms with Gasteiger partial charge in [0.05, 0.1) is 5.56 Å². The molecule has 0 aromatic heterocycles. The standard InChI is InChI=1S/C24H28O3/c1-15(11-17-7-9-18(10-8-17)22(25)26)19-13-20-21(12-16(19)2)27-24(5,6)14-23(20,3)4/h7-13H,14H2,1-6H3,(H,25,26)/b15-11+. The van der Waals surface area contributed by atoms with E-state index in [2.05, 4.69) is 59.8 Å². The van der Waals surface area contributed by atoms with Gasteiger partial charge in [-0.1, -0.05) is 32.1 Å². The molecule has 27 heavy (non-hydrogen) atoms. The Balaban J connectivity index is 2.01. The minimum atomic E-state index is -0.905. The molecule has 2 aromatic rings. The van der Waals surface area contributed by atoms with E-state index in [1.54, 1.807) is 12.1 Å². The van der Waals surface area contributed by atoms with Crippen molar-refractivity contribution in [2.45, 2.75) is 59.0 Å². The molecule has 0 radical (unpaired) electrons. The van der Waals surface area contributed by atoms with E-state index in [9.17, 15) is 4.79 Å². The Morgan fingerprint density at radius 2 is 1.74 bits per heavy atom. The van der Waals surface area contributed by atoms with Gasteiger partial charge in [0.1, 0.15) is 11.4 Å². The van der Waals surface area contributed by atoms with Crippen LogP contribution in [0.4, 0.5) is 0 Å². The number of ether oxygens (including phenoxy) is 1. The predicted octanol–water partition coefficient (Wildman–Crippen LogP) is 6.09. The van der Waals surface area contributed by atoms with Crippen LogP contribution in [-0.2, 0) is 5.41 Å². The zero-order chi connectivity index (χ0) is 20.0. The van der Waals surface area contributed by atoms with E-state index in [1.807, 2.05) is 12.1 Å². The summed E-state index contributed by atoms with van der Waals surface area (Å²) in [5, 5.41) is 9.04. The fourth-order valence-corrected chi connectivity index (χ4v) is 4.26. The lowest BCUT2D eigenvalue weighted by molar-refractivity contribution is 0.0533. The lowest BCUT2D eigenvalue weighted by atomic mass is 9.72. The smallest absolute Gasteiger partial charge is 0.335 e. The van der Waals surface area contributed by atoms with E-state index < -0.39 is 5.97 Å². The number of aryl methyl sites for hydroxylation is 1. The Labute approximate surface area is 161 Å². The normalized spacial score (nSPS) is 17.8. The summed E-state index contributed by atoms with van der Waals surface area (Å²) in [6, 6.07) is 11.4. The van der Waals surface area contributed by atoms with E-state index in [0.717, 1.165) is 23.3 Å². The van der Waals surface area contributed by atoms with Crippen LogP contribution in [0, 0.1) is 6.92 Å². The van der Waals surface area contributed by atoms with Gasteiger partial charge in [-0.05, 0) is 86.1 Å². The van der Waals surface area contributed by atoms with Crippen LogP contribution in [0.2, 0.25) is 0 Å². The lowest BCUT2D eigenvalue weighted by Gasteiger charge is -2.43. The second-order valence-corrected chi connectivity index (χ2v) is 8.84. The second-order valence-electron chi connectivity index (χ2n) is 8.84. The fraction of sp³-hybridized carbons (Fsp3) is 0.375. The number of carboxylic acid groups (broad SMARTS) is 1. The van der Waals surface area contributed by atoms with Gasteiger partial charge in [0.15, 0.2) is 0 Å². The summed E-state index contributed by atoms with van der Waals surface area (Å²) >= 11 is 0. The van der Waals surface area contributed by atoms with Gasteiger partial charge < -0.3 is 9.84 Å². The molecular weight excluding hydrogens is 336 g/mol. The average molecular weight is 364 g/mol. The SMILES string of the molecule is C/C(=C\c1ccc(C(=O)O)cc1)c1cc2c(cc1C)OC(C)(C)CC2(C)C. The van der Waals surface area contributed by atoms with Gasteiger partial charge in [-0.25, -0.2) is 4.79 Å². The highest BCUT2D eigenvalue weighted by Crippen LogP contribution is 2.46. The summed E-state index contributed by atoms with van der Waals surface area (Å²) in [6.07, 6.45) is 3.07. The number of carboxylic acids is 1. The van der Waals surface area contributed by atoms with Crippen LogP contribution in [-0.4, -0.2) is 16.7 Å². The Bertz CT molecular complexity index is 915. The topological polar surface area (TPSA) is 46.5 Å². The third-order valence-corrected chi connectivity index (χ3v) is 5.28. The molecule has 3 rings (SSSR count). The molecule has 1 N–H and O–H groups in total. The zero-order valence-electron chi connectivity index (χ0n) is 17.0. The maximum absolute atomic E-state index is 11.0. The Morgan fingerprint density at radius 3 is 2.33 bits per heavy atom. The molecular formula is C24H28O3. The molecule has 0 spiro atoms. The molecule has 0 aliphatic carbocycles. The van der Waals surface area contributed by atoms with Gasteiger partial charge in [-0.3, -0.25) is 0 Å². The molecule has 1 aliphatic heterocycles. The molecule has 3 nitrogen and oxygen atoms in total. The number of aromatic carboxylic acids is 1. The first kappa shape index (κ1) is 19.2. The van der Waals surface area contributed by atoms with Crippen molar-refractivity contribution >= 4 is 17.6 Å². The van der Waals surface area contributed by atoms with Gasteiger partial charge in [-0.15, -0.1) is 0 Å². The third kappa shape index (κ3) is 3.92.